The first kappa shape index (κ1) is 12.3. The number of nitrogens with one attached hydrogen (secondary N) is 1. The molecule has 0 unspecified atom stereocenters. The van der Waals surface area contributed by atoms with Gasteiger partial charge < -0.3 is 5.32 Å². The third kappa shape index (κ3) is 2.92. The van der Waals surface area contributed by atoms with Crippen molar-refractivity contribution in [1.29, 1.82) is 0 Å². The molecule has 0 amide bonds. The summed E-state index contributed by atoms with van der Waals surface area (Å²) in [5, 5.41) is 7.55. The molecule has 0 aliphatic heterocycles. The van der Waals surface area contributed by atoms with Crippen LogP contribution in [0.2, 0.25) is 0 Å². The Bertz CT molecular complexity index is 467. The van der Waals surface area contributed by atoms with E-state index in [0.717, 1.165) is 25.5 Å². The molecule has 2 rings (SSSR count). The Labute approximate surface area is 106 Å². The Balaban J connectivity index is 1.87. The van der Waals surface area contributed by atoms with E-state index in [2.05, 4.69) is 42.2 Å². The van der Waals surface area contributed by atoms with Crippen molar-refractivity contribution in [2.45, 2.75) is 40.4 Å². The molecular formula is C12H18N4S. The first-order chi connectivity index (χ1) is 8.20. The van der Waals surface area contributed by atoms with Crippen molar-refractivity contribution in [3.8, 4) is 0 Å². The first-order valence-electron chi connectivity index (χ1n) is 5.84. The summed E-state index contributed by atoms with van der Waals surface area (Å²) in [6.07, 6.45) is 1.61. The van der Waals surface area contributed by atoms with Crippen LogP contribution >= 0.6 is 11.3 Å². The topological polar surface area (TPSA) is 42.7 Å². The lowest BCUT2D eigenvalue weighted by atomic mass is 10.3. The molecular weight excluding hydrogens is 232 g/mol. The Kier molecular flexibility index (Phi) is 3.91. The summed E-state index contributed by atoms with van der Waals surface area (Å²) in [6.45, 7) is 8.93. The van der Waals surface area contributed by atoms with Crippen LogP contribution in [0.3, 0.4) is 0 Å². The fourth-order valence-corrected chi connectivity index (χ4v) is 2.75. The number of aryl methyl sites for hydroxylation is 3. The highest BCUT2D eigenvalue weighted by atomic mass is 32.1. The number of hydrogen-bond acceptors (Lipinski definition) is 4. The second-order valence-electron chi connectivity index (χ2n) is 4.05. The minimum Gasteiger partial charge on any atom is -0.305 e. The lowest BCUT2D eigenvalue weighted by Crippen LogP contribution is -2.16. The Hall–Kier alpha value is -1.20. The molecule has 92 valence electrons. The summed E-state index contributed by atoms with van der Waals surface area (Å²) in [5.74, 6) is 0.998. The summed E-state index contributed by atoms with van der Waals surface area (Å²) in [5.41, 5.74) is 1.38. The summed E-state index contributed by atoms with van der Waals surface area (Å²) in [4.78, 5) is 7.01. The van der Waals surface area contributed by atoms with Crippen LogP contribution in [0.15, 0.2) is 12.4 Å². The molecule has 0 radical (unpaired) electrons. The SMILES string of the molecule is CCn1ncnc1CNCc1cc(C)c(C)s1. The normalized spacial score (nSPS) is 11.0. The Morgan fingerprint density at radius 1 is 1.35 bits per heavy atom. The zero-order valence-electron chi connectivity index (χ0n) is 10.5. The van der Waals surface area contributed by atoms with Crippen LogP contribution in [-0.4, -0.2) is 14.8 Å². The van der Waals surface area contributed by atoms with Gasteiger partial charge >= 0.3 is 0 Å². The molecule has 0 spiro atoms. The van der Waals surface area contributed by atoms with Gasteiger partial charge in [-0.05, 0) is 32.4 Å². The van der Waals surface area contributed by atoms with Crippen molar-refractivity contribution in [2.24, 2.45) is 0 Å². The molecule has 5 heteroatoms. The van der Waals surface area contributed by atoms with Crippen molar-refractivity contribution in [3.63, 3.8) is 0 Å². The lowest BCUT2D eigenvalue weighted by Gasteiger charge is -2.03. The molecule has 0 fully saturated rings. The van der Waals surface area contributed by atoms with Gasteiger partial charge in [0, 0.05) is 22.8 Å². The van der Waals surface area contributed by atoms with Gasteiger partial charge in [-0.2, -0.15) is 5.10 Å². The van der Waals surface area contributed by atoms with Gasteiger partial charge in [0.15, 0.2) is 0 Å². The van der Waals surface area contributed by atoms with Crippen LogP contribution in [0.1, 0.15) is 28.1 Å². The van der Waals surface area contributed by atoms with Crippen LogP contribution in [-0.2, 0) is 19.6 Å². The molecule has 0 saturated heterocycles. The maximum Gasteiger partial charge on any atom is 0.140 e. The second-order valence-corrected chi connectivity index (χ2v) is 5.39. The van der Waals surface area contributed by atoms with Gasteiger partial charge in [0.1, 0.15) is 12.2 Å². The van der Waals surface area contributed by atoms with Gasteiger partial charge in [-0.1, -0.05) is 0 Å². The standard InChI is InChI=1S/C12H18N4S/c1-4-16-12(14-8-15-16)7-13-6-11-5-9(2)10(3)17-11/h5,8,13H,4,6-7H2,1-3H3. The van der Waals surface area contributed by atoms with Crippen LogP contribution in [0.4, 0.5) is 0 Å². The number of nitrogens with zero attached hydrogens (tertiary/aromatic N) is 3. The van der Waals surface area contributed by atoms with E-state index in [4.69, 9.17) is 0 Å². The van der Waals surface area contributed by atoms with Crippen LogP contribution in [0.25, 0.3) is 0 Å². The van der Waals surface area contributed by atoms with Crippen molar-refractivity contribution in [3.05, 3.63) is 33.5 Å². The average Bonchev–Trinajstić information content (AvgIpc) is 2.87. The number of hydrogen-bond donors (Lipinski definition) is 1. The fraction of sp³-hybridized carbons (Fsp3) is 0.500. The molecule has 0 bridgehead atoms. The zero-order valence-corrected chi connectivity index (χ0v) is 11.3. The average molecular weight is 250 g/mol. The quantitative estimate of drug-likeness (QED) is 0.885. The molecule has 0 aromatic carbocycles. The van der Waals surface area contributed by atoms with E-state index in [1.807, 2.05) is 16.0 Å². The van der Waals surface area contributed by atoms with E-state index in [0.29, 0.717) is 0 Å². The summed E-state index contributed by atoms with van der Waals surface area (Å²) in [7, 11) is 0. The molecule has 0 atom stereocenters. The number of rotatable bonds is 5. The van der Waals surface area contributed by atoms with Gasteiger partial charge in [-0.15, -0.1) is 11.3 Å². The van der Waals surface area contributed by atoms with Crippen molar-refractivity contribution >= 4 is 11.3 Å². The van der Waals surface area contributed by atoms with E-state index in [-0.39, 0.29) is 0 Å². The molecule has 17 heavy (non-hydrogen) atoms. The predicted octanol–water partition coefficient (Wildman–Crippen LogP) is 2.27. The highest BCUT2D eigenvalue weighted by molar-refractivity contribution is 7.12. The van der Waals surface area contributed by atoms with E-state index in [1.54, 1.807) is 6.33 Å². The Morgan fingerprint density at radius 3 is 2.82 bits per heavy atom. The molecule has 4 nitrogen and oxygen atoms in total. The smallest absolute Gasteiger partial charge is 0.140 e. The summed E-state index contributed by atoms with van der Waals surface area (Å²) >= 11 is 1.86. The van der Waals surface area contributed by atoms with Crippen molar-refractivity contribution in [2.75, 3.05) is 0 Å². The lowest BCUT2D eigenvalue weighted by molar-refractivity contribution is 0.574. The molecule has 0 aliphatic carbocycles. The molecule has 1 N–H and O–H groups in total. The third-order valence-electron chi connectivity index (χ3n) is 2.79. The van der Waals surface area contributed by atoms with E-state index >= 15 is 0 Å². The molecule has 0 aliphatic rings. The minimum absolute atomic E-state index is 0.768. The molecule has 0 saturated carbocycles. The first-order valence-corrected chi connectivity index (χ1v) is 6.65. The summed E-state index contributed by atoms with van der Waals surface area (Å²) < 4.78 is 1.91. The second kappa shape index (κ2) is 5.42. The molecule has 2 aromatic heterocycles. The Morgan fingerprint density at radius 2 is 2.18 bits per heavy atom. The minimum atomic E-state index is 0.768. The van der Waals surface area contributed by atoms with Crippen LogP contribution < -0.4 is 5.32 Å². The van der Waals surface area contributed by atoms with Crippen LogP contribution in [0.5, 0.6) is 0 Å². The zero-order chi connectivity index (χ0) is 12.3. The van der Waals surface area contributed by atoms with Crippen molar-refractivity contribution in [1.82, 2.24) is 20.1 Å². The maximum atomic E-state index is 4.23. The van der Waals surface area contributed by atoms with Gasteiger partial charge in [0.05, 0.1) is 6.54 Å². The maximum absolute atomic E-state index is 4.23. The van der Waals surface area contributed by atoms with Gasteiger partial charge in [-0.25, -0.2) is 9.67 Å². The summed E-state index contributed by atoms with van der Waals surface area (Å²) in [6, 6.07) is 2.25. The fourth-order valence-electron chi connectivity index (χ4n) is 1.72. The van der Waals surface area contributed by atoms with Crippen LogP contribution in [0, 0.1) is 13.8 Å². The largest absolute Gasteiger partial charge is 0.305 e. The highest BCUT2D eigenvalue weighted by Gasteiger charge is 2.04. The molecule has 2 aromatic rings. The third-order valence-corrected chi connectivity index (χ3v) is 3.95. The van der Waals surface area contributed by atoms with E-state index in [1.165, 1.54) is 15.3 Å². The van der Waals surface area contributed by atoms with Gasteiger partial charge in [0.2, 0.25) is 0 Å². The van der Waals surface area contributed by atoms with Crippen molar-refractivity contribution < 1.29 is 0 Å². The van der Waals surface area contributed by atoms with E-state index in [9.17, 15) is 0 Å². The number of aromatic nitrogens is 3. The van der Waals surface area contributed by atoms with Gasteiger partial charge in [0.25, 0.3) is 0 Å². The predicted molar refractivity (Wildman–Crippen MR) is 70.0 cm³/mol. The van der Waals surface area contributed by atoms with Gasteiger partial charge in [-0.3, -0.25) is 0 Å². The number of thiophene rings is 1. The monoisotopic (exact) mass is 250 g/mol. The van der Waals surface area contributed by atoms with E-state index < -0.39 is 0 Å². The molecule has 2 heterocycles. The highest BCUT2D eigenvalue weighted by Crippen LogP contribution is 2.20.